The molecular formula is C25H31N5O5S2. The third kappa shape index (κ3) is 6.13. The highest BCUT2D eigenvalue weighted by Crippen LogP contribution is 2.34. The number of benzene rings is 1. The smallest absolute Gasteiger partial charge is 0.348 e. The first-order chi connectivity index (χ1) is 17.8. The minimum Gasteiger partial charge on any atom is -0.465 e. The molecule has 0 aliphatic carbocycles. The molecule has 0 radical (unpaired) electrons. The van der Waals surface area contributed by atoms with Crippen LogP contribution in [-0.4, -0.2) is 65.7 Å². The van der Waals surface area contributed by atoms with Crippen molar-refractivity contribution in [3.63, 3.8) is 0 Å². The molecule has 0 saturated carbocycles. The summed E-state index contributed by atoms with van der Waals surface area (Å²) >= 11 is 2.21. The number of hydrogen-bond acceptors (Lipinski definition) is 10. The molecular weight excluding hydrogens is 514 g/mol. The quantitative estimate of drug-likeness (QED) is 0.275. The SMILES string of the molecule is CCN(CC)c1ccc(-c2nnc(SCC(=O)Nc3sc(C(=O)OC)c(C)c3C(=O)OC)n2CC)cc1. The molecule has 1 N–H and O–H groups in total. The molecule has 12 heteroatoms. The van der Waals surface area contributed by atoms with E-state index in [1.165, 1.54) is 26.0 Å². The number of anilines is 2. The summed E-state index contributed by atoms with van der Waals surface area (Å²) in [5.41, 5.74) is 2.62. The number of carbonyl (C=O) groups excluding carboxylic acids is 3. The summed E-state index contributed by atoms with van der Waals surface area (Å²) in [4.78, 5) is 39.7. The molecule has 0 unspecified atom stereocenters. The van der Waals surface area contributed by atoms with E-state index in [0.717, 1.165) is 41.5 Å². The normalized spacial score (nSPS) is 10.8. The zero-order valence-corrected chi connectivity index (χ0v) is 23.4. The van der Waals surface area contributed by atoms with Gasteiger partial charge in [0.25, 0.3) is 0 Å². The number of nitrogens with zero attached hydrogens (tertiary/aromatic N) is 4. The van der Waals surface area contributed by atoms with Crippen molar-refractivity contribution in [2.24, 2.45) is 0 Å². The molecule has 0 bridgehead atoms. The van der Waals surface area contributed by atoms with Crippen LogP contribution in [0.2, 0.25) is 0 Å². The van der Waals surface area contributed by atoms with Gasteiger partial charge in [-0.05, 0) is 57.5 Å². The summed E-state index contributed by atoms with van der Waals surface area (Å²) in [5, 5.41) is 12.2. The van der Waals surface area contributed by atoms with Crippen molar-refractivity contribution in [2.75, 3.05) is 43.3 Å². The third-order valence-electron chi connectivity index (χ3n) is 5.78. The Labute approximate surface area is 224 Å². The van der Waals surface area contributed by atoms with Crippen LogP contribution in [0.25, 0.3) is 11.4 Å². The fourth-order valence-corrected chi connectivity index (χ4v) is 5.77. The third-order valence-corrected chi connectivity index (χ3v) is 7.93. The van der Waals surface area contributed by atoms with Gasteiger partial charge in [-0.2, -0.15) is 0 Å². The molecule has 0 spiro atoms. The highest BCUT2D eigenvalue weighted by Gasteiger charge is 2.27. The van der Waals surface area contributed by atoms with E-state index in [4.69, 9.17) is 9.47 Å². The van der Waals surface area contributed by atoms with Gasteiger partial charge in [0.15, 0.2) is 11.0 Å². The first-order valence-electron chi connectivity index (χ1n) is 11.8. The Morgan fingerprint density at radius 2 is 1.68 bits per heavy atom. The first kappa shape index (κ1) is 28.2. The van der Waals surface area contributed by atoms with E-state index < -0.39 is 11.9 Å². The minimum atomic E-state index is -0.644. The van der Waals surface area contributed by atoms with Gasteiger partial charge in [0.2, 0.25) is 5.91 Å². The van der Waals surface area contributed by atoms with Gasteiger partial charge in [-0.15, -0.1) is 21.5 Å². The van der Waals surface area contributed by atoms with Gasteiger partial charge >= 0.3 is 11.9 Å². The monoisotopic (exact) mass is 545 g/mol. The van der Waals surface area contributed by atoms with Crippen LogP contribution in [0.4, 0.5) is 10.7 Å². The van der Waals surface area contributed by atoms with Crippen molar-refractivity contribution in [3.05, 3.63) is 40.3 Å². The maximum absolute atomic E-state index is 12.8. The number of methoxy groups -OCH3 is 2. The van der Waals surface area contributed by atoms with E-state index in [1.807, 2.05) is 23.6 Å². The predicted molar refractivity (Wildman–Crippen MR) is 146 cm³/mol. The number of hydrogen-bond donors (Lipinski definition) is 1. The molecule has 1 amide bonds. The Hall–Kier alpha value is -3.38. The molecule has 2 heterocycles. The number of esters is 2. The molecule has 2 aromatic heterocycles. The predicted octanol–water partition coefficient (Wildman–Crippen LogP) is 4.49. The van der Waals surface area contributed by atoms with E-state index in [9.17, 15) is 14.4 Å². The van der Waals surface area contributed by atoms with Crippen LogP contribution in [0.1, 0.15) is 46.4 Å². The summed E-state index contributed by atoms with van der Waals surface area (Å²) < 4.78 is 11.6. The Bertz CT molecular complexity index is 1270. The van der Waals surface area contributed by atoms with Gasteiger partial charge in [0.05, 0.1) is 25.5 Å². The number of aromatic nitrogens is 3. The van der Waals surface area contributed by atoms with Gasteiger partial charge in [-0.1, -0.05) is 11.8 Å². The second-order valence-corrected chi connectivity index (χ2v) is 9.81. The van der Waals surface area contributed by atoms with Crippen LogP contribution in [-0.2, 0) is 20.8 Å². The molecule has 0 saturated heterocycles. The van der Waals surface area contributed by atoms with E-state index in [2.05, 4.69) is 46.4 Å². The van der Waals surface area contributed by atoms with Crippen molar-refractivity contribution in [2.45, 2.75) is 39.4 Å². The van der Waals surface area contributed by atoms with Gasteiger partial charge in [0, 0.05) is 30.9 Å². The van der Waals surface area contributed by atoms with Crippen molar-refractivity contribution in [1.29, 1.82) is 0 Å². The summed E-state index contributed by atoms with van der Waals surface area (Å²) in [6.07, 6.45) is 0. The Morgan fingerprint density at radius 3 is 2.24 bits per heavy atom. The summed E-state index contributed by atoms with van der Waals surface area (Å²) in [5.74, 6) is -0.834. The van der Waals surface area contributed by atoms with E-state index >= 15 is 0 Å². The van der Waals surface area contributed by atoms with Crippen LogP contribution in [0.15, 0.2) is 29.4 Å². The molecule has 1 aromatic carbocycles. The molecule has 3 aromatic rings. The van der Waals surface area contributed by atoms with E-state index in [1.54, 1.807) is 6.92 Å². The lowest BCUT2D eigenvalue weighted by atomic mass is 10.1. The number of ether oxygens (including phenoxy) is 2. The number of rotatable bonds is 11. The van der Waals surface area contributed by atoms with Crippen LogP contribution in [0.5, 0.6) is 0 Å². The first-order valence-corrected chi connectivity index (χ1v) is 13.6. The lowest BCUT2D eigenvalue weighted by molar-refractivity contribution is -0.113. The molecule has 3 rings (SSSR count). The molecule has 198 valence electrons. The lowest BCUT2D eigenvalue weighted by Gasteiger charge is -2.21. The highest BCUT2D eigenvalue weighted by atomic mass is 32.2. The van der Waals surface area contributed by atoms with Gasteiger partial charge < -0.3 is 24.3 Å². The fourth-order valence-electron chi connectivity index (χ4n) is 3.83. The second kappa shape index (κ2) is 12.7. The van der Waals surface area contributed by atoms with Crippen molar-refractivity contribution in [1.82, 2.24) is 14.8 Å². The zero-order valence-electron chi connectivity index (χ0n) is 21.8. The van der Waals surface area contributed by atoms with Gasteiger partial charge in [-0.25, -0.2) is 9.59 Å². The molecule has 37 heavy (non-hydrogen) atoms. The number of amides is 1. The number of thiophene rings is 1. The van der Waals surface area contributed by atoms with Gasteiger partial charge in [-0.3, -0.25) is 4.79 Å². The minimum absolute atomic E-state index is 0.0319. The average molecular weight is 546 g/mol. The summed E-state index contributed by atoms with van der Waals surface area (Å²) in [6.45, 7) is 10.3. The molecule has 10 nitrogen and oxygen atoms in total. The summed E-state index contributed by atoms with van der Waals surface area (Å²) in [7, 11) is 2.50. The number of nitrogens with one attached hydrogen (secondary N) is 1. The molecule has 0 fully saturated rings. The molecule has 0 aliphatic heterocycles. The lowest BCUT2D eigenvalue weighted by Crippen LogP contribution is -2.21. The second-order valence-electron chi connectivity index (χ2n) is 7.85. The van der Waals surface area contributed by atoms with E-state index in [-0.39, 0.29) is 27.1 Å². The summed E-state index contributed by atoms with van der Waals surface area (Å²) in [6, 6.07) is 8.19. The molecule has 0 atom stereocenters. The topological polar surface area (TPSA) is 116 Å². The van der Waals surface area contributed by atoms with Crippen molar-refractivity contribution in [3.8, 4) is 11.4 Å². The largest absolute Gasteiger partial charge is 0.465 e. The molecule has 0 aliphatic rings. The van der Waals surface area contributed by atoms with Crippen molar-refractivity contribution >= 4 is 51.6 Å². The Kier molecular flexibility index (Phi) is 9.70. The Balaban J connectivity index is 1.75. The zero-order chi connectivity index (χ0) is 27.1. The van der Waals surface area contributed by atoms with Crippen LogP contribution >= 0.6 is 23.1 Å². The maximum Gasteiger partial charge on any atom is 0.348 e. The highest BCUT2D eigenvalue weighted by molar-refractivity contribution is 7.99. The van der Waals surface area contributed by atoms with Crippen LogP contribution in [0, 0.1) is 6.92 Å². The Morgan fingerprint density at radius 1 is 1.03 bits per heavy atom. The van der Waals surface area contributed by atoms with Gasteiger partial charge in [0.1, 0.15) is 9.88 Å². The average Bonchev–Trinajstić information content (AvgIpc) is 3.47. The maximum atomic E-state index is 12.8. The van der Waals surface area contributed by atoms with Crippen LogP contribution < -0.4 is 10.2 Å². The van der Waals surface area contributed by atoms with Crippen molar-refractivity contribution < 1.29 is 23.9 Å². The van der Waals surface area contributed by atoms with E-state index in [0.29, 0.717) is 17.3 Å². The number of carbonyl (C=O) groups is 3. The standard InChI is InChI=1S/C25H31N5O5S2/c1-7-29(8-2)17-12-10-16(11-13-17)21-27-28-25(30(21)9-3)36-14-18(31)26-22-19(23(32)34-5)15(4)20(37-22)24(33)35-6/h10-13H,7-9,14H2,1-6H3,(H,26,31). The fraction of sp³-hybridized carbons (Fsp3) is 0.400. The number of thioether (sulfide) groups is 1. The van der Waals surface area contributed by atoms with Crippen LogP contribution in [0.3, 0.4) is 0 Å².